The molecule has 1 aromatic rings. The molecule has 1 aliphatic heterocycles. The second-order valence-corrected chi connectivity index (χ2v) is 3.25. The lowest BCUT2D eigenvalue weighted by molar-refractivity contribution is 0.316. The van der Waals surface area contributed by atoms with E-state index in [-0.39, 0.29) is 0 Å². The Bertz CT molecular complexity index is 212. The highest BCUT2D eigenvalue weighted by Gasteiger charge is 2.10. The average Bonchev–Trinajstić information content (AvgIpc) is 2.74. The van der Waals surface area contributed by atoms with Crippen LogP contribution >= 0.6 is 0 Å². The van der Waals surface area contributed by atoms with E-state index in [0.717, 1.165) is 13.1 Å². The van der Waals surface area contributed by atoms with Crippen molar-refractivity contribution in [3.8, 4) is 0 Å². The lowest BCUT2D eigenvalue weighted by atomic mass is 10.4. The van der Waals surface area contributed by atoms with E-state index < -0.39 is 0 Å². The second kappa shape index (κ2) is 3.72. The van der Waals surface area contributed by atoms with Gasteiger partial charge in [-0.1, -0.05) is 0 Å². The summed E-state index contributed by atoms with van der Waals surface area (Å²) in [5, 5.41) is 4.11. The van der Waals surface area contributed by atoms with E-state index in [0.29, 0.717) is 0 Å². The van der Waals surface area contributed by atoms with Crippen LogP contribution in [0.25, 0.3) is 0 Å². The summed E-state index contributed by atoms with van der Waals surface area (Å²) in [5.41, 5.74) is 0. The molecule has 0 N–H and O–H groups in total. The SMILES string of the molecule is [c]1cnn(CCN2CCCC2)c1. The third-order valence-electron chi connectivity index (χ3n) is 2.35. The van der Waals surface area contributed by atoms with Crippen molar-refractivity contribution >= 4 is 0 Å². The summed E-state index contributed by atoms with van der Waals surface area (Å²) in [6, 6.07) is 2.94. The summed E-state index contributed by atoms with van der Waals surface area (Å²) >= 11 is 0. The van der Waals surface area contributed by atoms with Crippen molar-refractivity contribution in [3.63, 3.8) is 0 Å². The summed E-state index contributed by atoms with van der Waals surface area (Å²) < 4.78 is 1.94. The minimum Gasteiger partial charge on any atom is -0.301 e. The first-order valence-electron chi connectivity index (χ1n) is 4.56. The molecule has 0 aliphatic carbocycles. The fourth-order valence-electron chi connectivity index (χ4n) is 1.63. The van der Waals surface area contributed by atoms with Crippen molar-refractivity contribution < 1.29 is 0 Å². The first kappa shape index (κ1) is 7.80. The van der Waals surface area contributed by atoms with E-state index in [9.17, 15) is 0 Å². The normalized spacial score (nSPS) is 18.7. The molecule has 0 aromatic carbocycles. The third kappa shape index (κ3) is 1.85. The van der Waals surface area contributed by atoms with Crippen LogP contribution in [0.4, 0.5) is 0 Å². The van der Waals surface area contributed by atoms with Gasteiger partial charge in [0.15, 0.2) is 0 Å². The van der Waals surface area contributed by atoms with Crippen molar-refractivity contribution in [1.29, 1.82) is 0 Å². The Hall–Kier alpha value is -0.830. The quantitative estimate of drug-likeness (QED) is 0.658. The highest BCUT2D eigenvalue weighted by molar-refractivity contribution is 4.75. The molecule has 0 spiro atoms. The molecule has 1 saturated heterocycles. The maximum atomic E-state index is 4.11. The van der Waals surface area contributed by atoms with Crippen LogP contribution in [0.1, 0.15) is 12.8 Å². The van der Waals surface area contributed by atoms with Crippen LogP contribution in [0.15, 0.2) is 12.4 Å². The molecule has 0 unspecified atom stereocenters. The van der Waals surface area contributed by atoms with Crippen LogP contribution in [-0.2, 0) is 6.54 Å². The summed E-state index contributed by atoms with van der Waals surface area (Å²) in [7, 11) is 0. The first-order chi connectivity index (χ1) is 5.95. The predicted octanol–water partition coefficient (Wildman–Crippen LogP) is 0.779. The van der Waals surface area contributed by atoms with Crippen molar-refractivity contribution in [2.45, 2.75) is 19.4 Å². The second-order valence-electron chi connectivity index (χ2n) is 3.25. The molecule has 0 atom stereocenters. The van der Waals surface area contributed by atoms with Gasteiger partial charge in [0.2, 0.25) is 0 Å². The van der Waals surface area contributed by atoms with Gasteiger partial charge in [-0.2, -0.15) is 5.10 Å². The molecular formula is C9H14N3. The standard InChI is InChI=1S/C9H14N3/c1-2-6-11(5-1)8-9-12-7-3-4-10-12/h4,7H,1-2,5-6,8-9H2. The summed E-state index contributed by atoms with van der Waals surface area (Å²) in [6.45, 7) is 4.68. The molecule has 2 rings (SSSR count). The van der Waals surface area contributed by atoms with Gasteiger partial charge in [-0.15, -0.1) is 0 Å². The molecule has 0 amide bonds. The maximum absolute atomic E-state index is 4.11. The third-order valence-corrected chi connectivity index (χ3v) is 2.35. The molecule has 65 valence electrons. The average molecular weight is 164 g/mol. The van der Waals surface area contributed by atoms with Crippen LogP contribution in [0.2, 0.25) is 0 Å². The van der Waals surface area contributed by atoms with Gasteiger partial charge in [0, 0.05) is 18.8 Å². The lowest BCUT2D eigenvalue weighted by Gasteiger charge is -2.13. The van der Waals surface area contributed by atoms with Crippen LogP contribution < -0.4 is 0 Å². The van der Waals surface area contributed by atoms with Gasteiger partial charge in [-0.3, -0.25) is 4.68 Å². The van der Waals surface area contributed by atoms with Gasteiger partial charge in [0.1, 0.15) is 0 Å². The summed E-state index contributed by atoms with van der Waals surface area (Å²) in [5.74, 6) is 0. The molecule has 1 radical (unpaired) electrons. The minimum atomic E-state index is 1.00. The van der Waals surface area contributed by atoms with Crippen molar-refractivity contribution in [2.75, 3.05) is 19.6 Å². The smallest absolute Gasteiger partial charge is 0.0569 e. The Morgan fingerprint density at radius 1 is 1.25 bits per heavy atom. The number of nitrogens with zero attached hydrogens (tertiary/aromatic N) is 3. The van der Waals surface area contributed by atoms with E-state index in [1.807, 2.05) is 10.9 Å². The van der Waals surface area contributed by atoms with Crippen LogP contribution in [0.3, 0.4) is 0 Å². The fraction of sp³-hybridized carbons (Fsp3) is 0.667. The molecule has 3 nitrogen and oxygen atoms in total. The molecule has 1 fully saturated rings. The molecule has 12 heavy (non-hydrogen) atoms. The number of aromatic nitrogens is 2. The zero-order valence-corrected chi connectivity index (χ0v) is 7.24. The predicted molar refractivity (Wildman–Crippen MR) is 46.7 cm³/mol. The zero-order valence-electron chi connectivity index (χ0n) is 7.24. The minimum absolute atomic E-state index is 1.00. The highest BCUT2D eigenvalue weighted by atomic mass is 15.3. The van der Waals surface area contributed by atoms with E-state index >= 15 is 0 Å². The Kier molecular flexibility index (Phi) is 2.42. The van der Waals surface area contributed by atoms with Crippen molar-refractivity contribution in [2.24, 2.45) is 0 Å². The first-order valence-corrected chi connectivity index (χ1v) is 4.56. The molecule has 3 heteroatoms. The summed E-state index contributed by atoms with van der Waals surface area (Å²) in [6.07, 6.45) is 6.34. The topological polar surface area (TPSA) is 21.1 Å². The number of hydrogen-bond acceptors (Lipinski definition) is 2. The monoisotopic (exact) mass is 164 g/mol. The molecule has 1 aromatic heterocycles. The van der Waals surface area contributed by atoms with Crippen molar-refractivity contribution in [1.82, 2.24) is 14.7 Å². The van der Waals surface area contributed by atoms with Crippen LogP contribution in [0.5, 0.6) is 0 Å². The molecule has 2 heterocycles. The van der Waals surface area contributed by atoms with Crippen molar-refractivity contribution in [3.05, 3.63) is 18.5 Å². The lowest BCUT2D eigenvalue weighted by Crippen LogP contribution is -2.24. The van der Waals surface area contributed by atoms with E-state index in [1.54, 1.807) is 6.20 Å². The molecule has 1 aliphatic rings. The number of likely N-dealkylation sites (tertiary alicyclic amines) is 1. The molecule has 0 saturated carbocycles. The van der Waals surface area contributed by atoms with Gasteiger partial charge >= 0.3 is 0 Å². The Morgan fingerprint density at radius 3 is 2.75 bits per heavy atom. The fourth-order valence-corrected chi connectivity index (χ4v) is 1.63. The van der Waals surface area contributed by atoms with Crippen LogP contribution in [0, 0.1) is 6.07 Å². The van der Waals surface area contributed by atoms with E-state index in [4.69, 9.17) is 0 Å². The Balaban J connectivity index is 1.74. The van der Waals surface area contributed by atoms with E-state index in [2.05, 4.69) is 16.1 Å². The number of rotatable bonds is 3. The van der Waals surface area contributed by atoms with Crippen LogP contribution in [-0.4, -0.2) is 34.3 Å². The van der Waals surface area contributed by atoms with Gasteiger partial charge < -0.3 is 4.90 Å². The Labute approximate surface area is 73.0 Å². The molecular weight excluding hydrogens is 150 g/mol. The molecule has 0 bridgehead atoms. The zero-order chi connectivity index (χ0) is 8.23. The Morgan fingerprint density at radius 2 is 2.08 bits per heavy atom. The van der Waals surface area contributed by atoms with Gasteiger partial charge in [0.05, 0.1) is 12.7 Å². The maximum Gasteiger partial charge on any atom is 0.0569 e. The highest BCUT2D eigenvalue weighted by Crippen LogP contribution is 2.06. The number of hydrogen-bond donors (Lipinski definition) is 0. The van der Waals surface area contributed by atoms with E-state index in [1.165, 1.54) is 25.9 Å². The van der Waals surface area contributed by atoms with Gasteiger partial charge in [0.25, 0.3) is 0 Å². The van der Waals surface area contributed by atoms with Gasteiger partial charge in [-0.25, -0.2) is 0 Å². The van der Waals surface area contributed by atoms with Gasteiger partial charge in [-0.05, 0) is 25.9 Å². The largest absolute Gasteiger partial charge is 0.301 e. The summed E-state index contributed by atoms with van der Waals surface area (Å²) in [4.78, 5) is 2.49.